The predicted octanol–water partition coefficient (Wildman–Crippen LogP) is 3.16. The van der Waals surface area contributed by atoms with Gasteiger partial charge in [-0.25, -0.2) is 9.18 Å². The van der Waals surface area contributed by atoms with Gasteiger partial charge in [-0.05, 0) is 43.7 Å². The molecule has 1 heterocycles. The molecule has 2 aromatic rings. The van der Waals surface area contributed by atoms with Gasteiger partial charge < -0.3 is 10.1 Å². The van der Waals surface area contributed by atoms with Crippen LogP contribution < -0.4 is 5.32 Å². The fraction of sp³-hybridized carbons (Fsp3) is 0.250. The van der Waals surface area contributed by atoms with Crippen LogP contribution in [0.5, 0.6) is 0 Å². The van der Waals surface area contributed by atoms with Crippen LogP contribution in [0.15, 0.2) is 36.5 Å². The molecule has 1 atom stereocenters. The predicted molar refractivity (Wildman–Crippen MR) is 78.5 cm³/mol. The van der Waals surface area contributed by atoms with Crippen LogP contribution in [-0.2, 0) is 9.53 Å². The third-order valence-corrected chi connectivity index (χ3v) is 3.06. The first-order valence-corrected chi connectivity index (χ1v) is 6.53. The number of rotatable bonds is 4. The quantitative estimate of drug-likeness (QED) is 0.878. The lowest BCUT2D eigenvalue weighted by Crippen LogP contribution is -2.22. The first-order valence-electron chi connectivity index (χ1n) is 6.53. The summed E-state index contributed by atoms with van der Waals surface area (Å²) in [6, 6.07) is 7.40. The zero-order valence-electron chi connectivity index (χ0n) is 12.2. The summed E-state index contributed by atoms with van der Waals surface area (Å²) in [5.74, 6) is -0.814. The van der Waals surface area contributed by atoms with E-state index in [1.54, 1.807) is 25.3 Å². The fourth-order valence-electron chi connectivity index (χ4n) is 2.03. The maximum atomic E-state index is 13.4. The number of carbonyl (C=O) groups is 1. The highest BCUT2D eigenvalue weighted by Gasteiger charge is 2.21. The molecule has 0 amide bonds. The molecule has 1 N–H and O–H groups in total. The highest BCUT2D eigenvalue weighted by atomic mass is 19.1. The number of nitrogens with zero attached hydrogens (tertiary/aromatic N) is 1. The molecular formula is C16H17FN2O2. The maximum Gasteiger partial charge on any atom is 0.333 e. The molecule has 0 saturated heterocycles. The maximum absolute atomic E-state index is 13.4. The normalized spacial score (nSPS) is 11.8. The van der Waals surface area contributed by atoms with Gasteiger partial charge in [0.15, 0.2) is 6.04 Å². The molecule has 0 radical (unpaired) electrons. The highest BCUT2D eigenvalue weighted by Crippen LogP contribution is 2.22. The van der Waals surface area contributed by atoms with Gasteiger partial charge in [0.05, 0.1) is 7.11 Å². The lowest BCUT2D eigenvalue weighted by Gasteiger charge is -2.18. The minimum atomic E-state index is -0.732. The van der Waals surface area contributed by atoms with Gasteiger partial charge in [-0.1, -0.05) is 6.07 Å². The van der Waals surface area contributed by atoms with Gasteiger partial charge >= 0.3 is 5.97 Å². The smallest absolute Gasteiger partial charge is 0.333 e. The van der Waals surface area contributed by atoms with Gasteiger partial charge in [0.25, 0.3) is 0 Å². The minimum absolute atomic E-state index is 0.358. The topological polar surface area (TPSA) is 51.2 Å². The van der Waals surface area contributed by atoms with E-state index in [4.69, 9.17) is 4.74 Å². The molecule has 110 valence electrons. The fourth-order valence-corrected chi connectivity index (χ4v) is 2.03. The molecular weight excluding hydrogens is 271 g/mol. The van der Waals surface area contributed by atoms with Crippen molar-refractivity contribution in [2.45, 2.75) is 19.9 Å². The number of pyridine rings is 1. The molecule has 0 aliphatic heterocycles. The second-order valence-corrected chi connectivity index (χ2v) is 4.85. The number of carbonyl (C=O) groups excluding carboxylic acids is 1. The third-order valence-electron chi connectivity index (χ3n) is 3.06. The van der Waals surface area contributed by atoms with E-state index < -0.39 is 12.0 Å². The van der Waals surface area contributed by atoms with Gasteiger partial charge in [0.1, 0.15) is 5.82 Å². The molecule has 0 bridgehead atoms. The Balaban J connectivity index is 2.32. The molecule has 21 heavy (non-hydrogen) atoms. The van der Waals surface area contributed by atoms with E-state index in [1.807, 2.05) is 13.0 Å². The van der Waals surface area contributed by atoms with Gasteiger partial charge in [0, 0.05) is 23.1 Å². The average Bonchev–Trinajstić information content (AvgIpc) is 2.44. The van der Waals surface area contributed by atoms with E-state index in [0.717, 1.165) is 11.3 Å². The van der Waals surface area contributed by atoms with Gasteiger partial charge in [-0.3, -0.25) is 4.98 Å². The second kappa shape index (κ2) is 6.35. The molecule has 0 aliphatic rings. The number of aromatic nitrogens is 1. The first kappa shape index (κ1) is 15.0. The summed E-state index contributed by atoms with van der Waals surface area (Å²) >= 11 is 0. The van der Waals surface area contributed by atoms with Crippen molar-refractivity contribution in [1.82, 2.24) is 4.98 Å². The molecule has 1 unspecified atom stereocenters. The summed E-state index contributed by atoms with van der Waals surface area (Å²) in [6.07, 6.45) is 1.61. The molecule has 0 saturated carbocycles. The summed E-state index contributed by atoms with van der Waals surface area (Å²) in [7, 11) is 1.31. The minimum Gasteiger partial charge on any atom is -0.467 e. The van der Waals surface area contributed by atoms with E-state index in [1.165, 1.54) is 19.2 Å². The zero-order chi connectivity index (χ0) is 15.4. The Morgan fingerprint density at radius 1 is 1.29 bits per heavy atom. The number of aryl methyl sites for hydroxylation is 2. The molecule has 4 nitrogen and oxygen atoms in total. The van der Waals surface area contributed by atoms with Gasteiger partial charge in [-0.2, -0.15) is 0 Å². The molecule has 0 spiro atoms. The van der Waals surface area contributed by atoms with Crippen LogP contribution in [0.2, 0.25) is 0 Å². The van der Waals surface area contributed by atoms with Crippen molar-refractivity contribution < 1.29 is 13.9 Å². The summed E-state index contributed by atoms with van der Waals surface area (Å²) in [6.45, 7) is 3.65. The lowest BCUT2D eigenvalue weighted by atomic mass is 10.1. The molecule has 2 rings (SSSR count). The first-order chi connectivity index (χ1) is 9.99. The van der Waals surface area contributed by atoms with Crippen molar-refractivity contribution in [2.24, 2.45) is 0 Å². The largest absolute Gasteiger partial charge is 0.467 e. The number of ether oxygens (including phenoxy) is 1. The van der Waals surface area contributed by atoms with Crippen molar-refractivity contribution >= 4 is 11.7 Å². The van der Waals surface area contributed by atoms with Crippen LogP contribution in [-0.4, -0.2) is 18.1 Å². The number of benzene rings is 1. The zero-order valence-corrected chi connectivity index (χ0v) is 12.2. The van der Waals surface area contributed by atoms with Crippen molar-refractivity contribution in [3.8, 4) is 0 Å². The van der Waals surface area contributed by atoms with E-state index in [9.17, 15) is 9.18 Å². The molecule has 0 aliphatic carbocycles. The van der Waals surface area contributed by atoms with E-state index in [0.29, 0.717) is 11.3 Å². The standard InChI is InChI=1S/C16H17FN2O2/c1-10-6-13(17)8-14(7-10)19-15(16(20)21-3)12-5-4-11(2)18-9-12/h4-9,15,19H,1-3H3. The summed E-state index contributed by atoms with van der Waals surface area (Å²) in [5, 5.41) is 2.99. The SMILES string of the molecule is COC(=O)C(Nc1cc(C)cc(F)c1)c1ccc(C)nc1. The van der Waals surface area contributed by atoms with Crippen LogP contribution in [0.1, 0.15) is 22.9 Å². The second-order valence-electron chi connectivity index (χ2n) is 4.85. The van der Waals surface area contributed by atoms with Crippen molar-refractivity contribution in [3.05, 3.63) is 59.2 Å². The van der Waals surface area contributed by atoms with Crippen LogP contribution in [0.4, 0.5) is 10.1 Å². The van der Waals surface area contributed by atoms with Crippen LogP contribution in [0.25, 0.3) is 0 Å². The summed E-state index contributed by atoms with van der Waals surface area (Å²) < 4.78 is 18.3. The Labute approximate surface area is 123 Å². The molecule has 1 aromatic carbocycles. The average molecular weight is 288 g/mol. The number of esters is 1. The van der Waals surface area contributed by atoms with Crippen LogP contribution >= 0.6 is 0 Å². The molecule has 5 heteroatoms. The number of halogens is 1. The lowest BCUT2D eigenvalue weighted by molar-refractivity contribution is -0.141. The van der Waals surface area contributed by atoms with Crippen molar-refractivity contribution in [3.63, 3.8) is 0 Å². The van der Waals surface area contributed by atoms with Crippen molar-refractivity contribution in [1.29, 1.82) is 0 Å². The third kappa shape index (κ3) is 3.78. The summed E-state index contributed by atoms with van der Waals surface area (Å²) in [5.41, 5.74) is 2.80. The Bertz CT molecular complexity index is 621. The summed E-state index contributed by atoms with van der Waals surface area (Å²) in [4.78, 5) is 16.1. The Hall–Kier alpha value is -2.43. The van der Waals surface area contributed by atoms with Crippen molar-refractivity contribution in [2.75, 3.05) is 12.4 Å². The number of anilines is 1. The van der Waals surface area contributed by atoms with E-state index >= 15 is 0 Å². The number of nitrogens with one attached hydrogen (secondary N) is 1. The van der Waals surface area contributed by atoms with Gasteiger partial charge in [0.2, 0.25) is 0 Å². The Morgan fingerprint density at radius 3 is 2.62 bits per heavy atom. The van der Waals surface area contributed by atoms with Crippen LogP contribution in [0.3, 0.4) is 0 Å². The monoisotopic (exact) mass is 288 g/mol. The Morgan fingerprint density at radius 2 is 2.05 bits per heavy atom. The number of hydrogen-bond acceptors (Lipinski definition) is 4. The number of hydrogen-bond donors (Lipinski definition) is 1. The van der Waals surface area contributed by atoms with Crippen LogP contribution in [0, 0.1) is 19.7 Å². The molecule has 1 aromatic heterocycles. The Kier molecular flexibility index (Phi) is 4.52. The molecule has 0 fully saturated rings. The number of methoxy groups -OCH3 is 1. The van der Waals surface area contributed by atoms with Gasteiger partial charge in [-0.15, -0.1) is 0 Å². The highest BCUT2D eigenvalue weighted by molar-refractivity contribution is 5.81. The van der Waals surface area contributed by atoms with E-state index in [2.05, 4.69) is 10.3 Å². The van der Waals surface area contributed by atoms with E-state index in [-0.39, 0.29) is 5.82 Å².